The third-order valence-electron chi connectivity index (χ3n) is 3.57. The summed E-state index contributed by atoms with van der Waals surface area (Å²) >= 11 is 0. The van der Waals surface area contributed by atoms with Gasteiger partial charge in [0.2, 0.25) is 0 Å². The van der Waals surface area contributed by atoms with Gasteiger partial charge < -0.3 is 10.4 Å². The molecule has 0 amide bonds. The molecule has 0 aliphatic rings. The molecular weight excluding hydrogens is 338 g/mol. The Morgan fingerprint density at radius 1 is 0.920 bits per heavy atom. The second-order valence-electron chi connectivity index (χ2n) is 6.27. The molecule has 0 saturated carbocycles. The highest BCUT2D eigenvalue weighted by atomic mass is 32.2. The predicted octanol–water partition coefficient (Wildman–Crippen LogP) is 2.80. The van der Waals surface area contributed by atoms with Gasteiger partial charge in [-0.1, -0.05) is 43.7 Å². The first-order valence-corrected chi connectivity index (χ1v) is 9.62. The zero-order valence-electron chi connectivity index (χ0n) is 14.7. The van der Waals surface area contributed by atoms with Crippen LogP contribution in [0.5, 0.6) is 0 Å². The van der Waals surface area contributed by atoms with Crippen molar-refractivity contribution >= 4 is 21.6 Å². The van der Waals surface area contributed by atoms with Crippen LogP contribution in [0.2, 0.25) is 0 Å². The molecule has 0 bridgehead atoms. The van der Waals surface area contributed by atoms with Gasteiger partial charge in [0.25, 0.3) is 0 Å². The quantitative estimate of drug-likeness (QED) is 0.580. The minimum atomic E-state index is -3.73. The van der Waals surface area contributed by atoms with Gasteiger partial charge in [0.15, 0.2) is 0 Å². The van der Waals surface area contributed by atoms with Crippen LogP contribution in [0.4, 0.5) is 11.4 Å². The monoisotopic (exact) mass is 363 g/mol. The van der Waals surface area contributed by atoms with Gasteiger partial charge in [-0.3, -0.25) is 9.44 Å². The molecule has 2 aromatic carbocycles. The van der Waals surface area contributed by atoms with E-state index in [4.69, 9.17) is 0 Å². The number of nitrogens with one attached hydrogen (secondary N) is 3. The Morgan fingerprint density at radius 3 is 1.88 bits per heavy atom. The standard InChI is InChI=1S/C18H25N3O3S/c1-13(2)19-12-18(22)15-6-10-17(11-7-15)21-25(23,24)20-16-8-4-14(3)5-9-16/h4-11,13,18-22H,12H2,1-3H3. The van der Waals surface area contributed by atoms with Crippen molar-refractivity contribution in [2.75, 3.05) is 16.0 Å². The molecule has 1 unspecified atom stereocenters. The third kappa shape index (κ3) is 6.38. The average Bonchev–Trinajstić information content (AvgIpc) is 2.55. The second kappa shape index (κ2) is 8.33. The first-order chi connectivity index (χ1) is 11.7. The number of hydrogen-bond donors (Lipinski definition) is 4. The fourth-order valence-corrected chi connectivity index (χ4v) is 3.14. The van der Waals surface area contributed by atoms with E-state index in [1.165, 1.54) is 0 Å². The molecule has 4 N–H and O–H groups in total. The lowest BCUT2D eigenvalue weighted by molar-refractivity contribution is 0.171. The molecular formula is C18H25N3O3S. The van der Waals surface area contributed by atoms with Crippen LogP contribution in [0.3, 0.4) is 0 Å². The van der Waals surface area contributed by atoms with Gasteiger partial charge in [0, 0.05) is 12.6 Å². The summed E-state index contributed by atoms with van der Waals surface area (Å²) in [5.74, 6) is 0. The summed E-state index contributed by atoms with van der Waals surface area (Å²) in [5.41, 5.74) is 2.69. The molecule has 6 nitrogen and oxygen atoms in total. The summed E-state index contributed by atoms with van der Waals surface area (Å²) in [6.45, 7) is 6.39. The number of hydrogen-bond acceptors (Lipinski definition) is 4. The Kier molecular flexibility index (Phi) is 6.41. The van der Waals surface area contributed by atoms with Crippen LogP contribution in [-0.2, 0) is 10.2 Å². The number of aliphatic hydroxyl groups excluding tert-OH is 1. The summed E-state index contributed by atoms with van der Waals surface area (Å²) in [6, 6.07) is 14.0. The molecule has 2 aromatic rings. The van der Waals surface area contributed by atoms with E-state index in [-0.39, 0.29) is 6.04 Å². The number of aliphatic hydroxyl groups is 1. The van der Waals surface area contributed by atoms with E-state index >= 15 is 0 Å². The summed E-state index contributed by atoms with van der Waals surface area (Å²) in [5, 5.41) is 13.3. The topological polar surface area (TPSA) is 90.5 Å². The highest BCUT2D eigenvalue weighted by Crippen LogP contribution is 2.18. The van der Waals surface area contributed by atoms with Crippen LogP contribution in [0.25, 0.3) is 0 Å². The molecule has 0 heterocycles. The van der Waals surface area contributed by atoms with Crippen LogP contribution in [0.1, 0.15) is 31.1 Å². The Hall–Kier alpha value is -2.09. The first-order valence-electron chi connectivity index (χ1n) is 8.14. The highest BCUT2D eigenvalue weighted by molar-refractivity contribution is 7.94. The fourth-order valence-electron chi connectivity index (χ4n) is 2.20. The normalized spacial score (nSPS) is 12.8. The van der Waals surface area contributed by atoms with Crippen molar-refractivity contribution in [1.82, 2.24) is 5.32 Å². The van der Waals surface area contributed by atoms with Crippen molar-refractivity contribution in [1.29, 1.82) is 0 Å². The molecule has 0 aromatic heterocycles. The van der Waals surface area contributed by atoms with Gasteiger partial charge >= 0.3 is 10.2 Å². The smallest absolute Gasteiger partial charge is 0.321 e. The van der Waals surface area contributed by atoms with Crippen molar-refractivity contribution in [3.8, 4) is 0 Å². The van der Waals surface area contributed by atoms with E-state index in [0.717, 1.165) is 11.1 Å². The molecule has 0 radical (unpaired) electrons. The van der Waals surface area contributed by atoms with Gasteiger partial charge in [0.05, 0.1) is 17.5 Å². The Labute approximate surface area is 149 Å². The number of anilines is 2. The van der Waals surface area contributed by atoms with E-state index in [2.05, 4.69) is 14.8 Å². The van der Waals surface area contributed by atoms with Crippen molar-refractivity contribution in [3.63, 3.8) is 0 Å². The Morgan fingerprint density at radius 2 is 1.40 bits per heavy atom. The summed E-state index contributed by atoms with van der Waals surface area (Å²) in [6.07, 6.45) is -0.640. The lowest BCUT2D eigenvalue weighted by Gasteiger charge is -2.15. The minimum absolute atomic E-state index is 0.286. The molecule has 2 rings (SSSR count). The average molecular weight is 363 g/mol. The van der Waals surface area contributed by atoms with Crippen LogP contribution in [0.15, 0.2) is 48.5 Å². The summed E-state index contributed by atoms with van der Waals surface area (Å²) < 4.78 is 29.3. The van der Waals surface area contributed by atoms with Crippen LogP contribution in [0, 0.1) is 6.92 Å². The van der Waals surface area contributed by atoms with Crippen LogP contribution >= 0.6 is 0 Å². The van der Waals surface area contributed by atoms with E-state index in [0.29, 0.717) is 17.9 Å². The highest BCUT2D eigenvalue weighted by Gasteiger charge is 2.12. The lowest BCUT2D eigenvalue weighted by atomic mass is 10.1. The van der Waals surface area contributed by atoms with Crippen molar-refractivity contribution in [2.24, 2.45) is 0 Å². The van der Waals surface area contributed by atoms with Gasteiger partial charge in [-0.05, 0) is 36.8 Å². The van der Waals surface area contributed by atoms with Crippen molar-refractivity contribution < 1.29 is 13.5 Å². The summed E-state index contributed by atoms with van der Waals surface area (Å²) in [7, 11) is -3.73. The minimum Gasteiger partial charge on any atom is -0.387 e. The maximum atomic E-state index is 12.2. The molecule has 1 atom stereocenters. The Bertz CT molecular complexity index is 772. The Balaban J connectivity index is 1.98. The maximum absolute atomic E-state index is 12.2. The molecule has 0 spiro atoms. The first kappa shape index (κ1) is 19.2. The largest absolute Gasteiger partial charge is 0.387 e. The predicted molar refractivity (Wildman–Crippen MR) is 102 cm³/mol. The van der Waals surface area contributed by atoms with Crippen LogP contribution in [-0.4, -0.2) is 26.1 Å². The number of benzene rings is 2. The van der Waals surface area contributed by atoms with Gasteiger partial charge in [-0.25, -0.2) is 0 Å². The number of aryl methyl sites for hydroxylation is 1. The molecule has 0 aliphatic carbocycles. The summed E-state index contributed by atoms with van der Waals surface area (Å²) in [4.78, 5) is 0. The van der Waals surface area contributed by atoms with E-state index < -0.39 is 16.3 Å². The van der Waals surface area contributed by atoms with Crippen molar-refractivity contribution in [3.05, 3.63) is 59.7 Å². The second-order valence-corrected chi connectivity index (χ2v) is 7.69. The van der Waals surface area contributed by atoms with Crippen LogP contribution < -0.4 is 14.8 Å². The van der Waals surface area contributed by atoms with E-state index in [1.54, 1.807) is 36.4 Å². The van der Waals surface area contributed by atoms with Gasteiger partial charge in [-0.15, -0.1) is 0 Å². The van der Waals surface area contributed by atoms with Crippen molar-refractivity contribution in [2.45, 2.75) is 32.9 Å². The van der Waals surface area contributed by atoms with Gasteiger partial charge in [-0.2, -0.15) is 8.42 Å². The third-order valence-corrected chi connectivity index (χ3v) is 4.58. The molecule has 136 valence electrons. The molecule has 0 fully saturated rings. The zero-order valence-corrected chi connectivity index (χ0v) is 15.5. The SMILES string of the molecule is Cc1ccc(NS(=O)(=O)Nc2ccc(C(O)CNC(C)C)cc2)cc1. The number of rotatable bonds is 8. The molecule has 25 heavy (non-hydrogen) atoms. The molecule has 0 saturated heterocycles. The maximum Gasteiger partial charge on any atom is 0.321 e. The van der Waals surface area contributed by atoms with Gasteiger partial charge in [0.1, 0.15) is 0 Å². The molecule has 7 heteroatoms. The fraction of sp³-hybridized carbons (Fsp3) is 0.333. The van der Waals surface area contributed by atoms with E-state index in [1.807, 2.05) is 32.9 Å². The zero-order chi connectivity index (χ0) is 18.4. The van der Waals surface area contributed by atoms with E-state index in [9.17, 15) is 13.5 Å². The molecule has 0 aliphatic heterocycles. The lowest BCUT2D eigenvalue weighted by Crippen LogP contribution is -2.27.